The fourth-order valence-electron chi connectivity index (χ4n) is 2.86. The van der Waals surface area contributed by atoms with Gasteiger partial charge in [-0.2, -0.15) is 5.10 Å². The topological polar surface area (TPSA) is 80.0 Å². The maximum absolute atomic E-state index is 14.5. The van der Waals surface area contributed by atoms with Crippen LogP contribution in [0.5, 0.6) is 0 Å². The van der Waals surface area contributed by atoms with Crippen LogP contribution in [0.1, 0.15) is 22.8 Å². The van der Waals surface area contributed by atoms with Gasteiger partial charge in [-0.05, 0) is 37.3 Å². The van der Waals surface area contributed by atoms with E-state index in [2.05, 4.69) is 15.4 Å². The van der Waals surface area contributed by atoms with Crippen molar-refractivity contribution in [3.8, 4) is 0 Å². The molecule has 1 heterocycles. The molecular formula is C19H17ClF2N4O2. The van der Waals surface area contributed by atoms with Crippen LogP contribution < -0.4 is 5.32 Å². The van der Waals surface area contributed by atoms with E-state index >= 15 is 0 Å². The van der Waals surface area contributed by atoms with Gasteiger partial charge in [0.15, 0.2) is 0 Å². The Morgan fingerprint density at radius 2 is 2.00 bits per heavy atom. The quantitative estimate of drug-likeness (QED) is 0.659. The van der Waals surface area contributed by atoms with Gasteiger partial charge in [-0.1, -0.05) is 17.7 Å². The number of rotatable bonds is 6. The number of amides is 1. The van der Waals surface area contributed by atoms with Crippen LogP contribution in [0.3, 0.4) is 0 Å². The molecule has 0 aliphatic carbocycles. The molecule has 6 nitrogen and oxygen atoms in total. The highest BCUT2D eigenvalue weighted by Gasteiger charge is 2.40. The Labute approximate surface area is 164 Å². The van der Waals surface area contributed by atoms with Gasteiger partial charge < -0.3 is 10.4 Å². The van der Waals surface area contributed by atoms with Gasteiger partial charge >= 0.3 is 0 Å². The van der Waals surface area contributed by atoms with Crippen LogP contribution in [0.25, 0.3) is 0 Å². The zero-order valence-electron chi connectivity index (χ0n) is 14.8. The third-order valence-electron chi connectivity index (χ3n) is 4.44. The first kappa shape index (κ1) is 19.9. The van der Waals surface area contributed by atoms with Gasteiger partial charge in [0, 0.05) is 22.2 Å². The second kappa shape index (κ2) is 8.04. The molecule has 0 aliphatic heterocycles. The lowest BCUT2D eigenvalue weighted by Gasteiger charge is -2.35. The number of halogens is 3. The summed E-state index contributed by atoms with van der Waals surface area (Å²) in [6.07, 6.45) is 2.61. The maximum Gasteiger partial charge on any atom is 0.251 e. The van der Waals surface area contributed by atoms with E-state index in [9.17, 15) is 18.7 Å². The summed E-state index contributed by atoms with van der Waals surface area (Å²) in [5.74, 6) is -2.19. The van der Waals surface area contributed by atoms with E-state index in [1.807, 2.05) is 0 Å². The lowest BCUT2D eigenvalue weighted by molar-refractivity contribution is -0.0186. The molecular weight excluding hydrogens is 390 g/mol. The van der Waals surface area contributed by atoms with E-state index in [4.69, 9.17) is 11.6 Å². The van der Waals surface area contributed by atoms with Crippen LogP contribution in [-0.4, -0.2) is 31.8 Å². The Kier molecular flexibility index (Phi) is 5.71. The van der Waals surface area contributed by atoms with Gasteiger partial charge in [0.05, 0.1) is 12.6 Å². The summed E-state index contributed by atoms with van der Waals surface area (Å²) in [5, 5.41) is 18.4. The van der Waals surface area contributed by atoms with E-state index < -0.39 is 29.2 Å². The summed E-state index contributed by atoms with van der Waals surface area (Å²) in [5.41, 5.74) is -1.78. The second-order valence-electron chi connectivity index (χ2n) is 6.34. The van der Waals surface area contributed by atoms with Gasteiger partial charge in [0.25, 0.3) is 5.91 Å². The molecule has 1 amide bonds. The van der Waals surface area contributed by atoms with Crippen LogP contribution in [0.15, 0.2) is 55.1 Å². The van der Waals surface area contributed by atoms with Crippen molar-refractivity contribution >= 4 is 17.5 Å². The van der Waals surface area contributed by atoms with Gasteiger partial charge in [-0.3, -0.25) is 4.79 Å². The minimum Gasteiger partial charge on any atom is -0.381 e. The van der Waals surface area contributed by atoms with Gasteiger partial charge in [0.1, 0.15) is 29.9 Å². The van der Waals surface area contributed by atoms with Crippen LogP contribution in [0.4, 0.5) is 8.78 Å². The van der Waals surface area contributed by atoms with Gasteiger partial charge in [-0.25, -0.2) is 18.4 Å². The Balaban J connectivity index is 1.93. The average Bonchev–Trinajstić information content (AvgIpc) is 3.14. The maximum atomic E-state index is 14.5. The van der Waals surface area contributed by atoms with Crippen molar-refractivity contribution in [2.75, 3.05) is 0 Å². The predicted molar refractivity (Wildman–Crippen MR) is 98.7 cm³/mol. The smallest absolute Gasteiger partial charge is 0.251 e. The summed E-state index contributed by atoms with van der Waals surface area (Å²) in [7, 11) is 0. The lowest BCUT2D eigenvalue weighted by atomic mass is 9.86. The number of hydrogen-bond donors (Lipinski definition) is 2. The van der Waals surface area contributed by atoms with Crippen molar-refractivity contribution in [3.05, 3.63) is 82.9 Å². The molecule has 1 unspecified atom stereocenters. The van der Waals surface area contributed by atoms with E-state index in [1.54, 1.807) is 12.1 Å². The summed E-state index contributed by atoms with van der Waals surface area (Å²) < 4.78 is 29.1. The highest BCUT2D eigenvalue weighted by molar-refractivity contribution is 6.30. The monoisotopic (exact) mass is 406 g/mol. The third-order valence-corrected chi connectivity index (χ3v) is 4.69. The molecule has 0 saturated heterocycles. The number of carbonyl (C=O) groups excluding carboxylic acids is 1. The van der Waals surface area contributed by atoms with Crippen molar-refractivity contribution in [2.24, 2.45) is 0 Å². The fraction of sp³-hybridized carbons (Fsp3) is 0.211. The Morgan fingerprint density at radius 1 is 1.29 bits per heavy atom. The van der Waals surface area contributed by atoms with E-state index in [-0.39, 0.29) is 12.1 Å². The molecule has 3 aromatic rings. The Bertz CT molecular complexity index is 967. The average molecular weight is 407 g/mol. The number of aromatic nitrogens is 3. The SMILES string of the molecule is C[C@@H](NC(=O)c1ccc(Cl)cc1)C(O)(Cn1cncn1)c1ccc(F)cc1F. The van der Waals surface area contributed by atoms with Crippen LogP contribution in [0.2, 0.25) is 5.02 Å². The summed E-state index contributed by atoms with van der Waals surface area (Å²) in [6.45, 7) is 1.31. The number of nitrogens with one attached hydrogen (secondary N) is 1. The summed E-state index contributed by atoms with van der Waals surface area (Å²) >= 11 is 5.82. The summed E-state index contributed by atoms with van der Waals surface area (Å²) in [6, 6.07) is 8.07. The van der Waals surface area contributed by atoms with E-state index in [0.29, 0.717) is 16.7 Å². The molecule has 0 spiro atoms. The molecule has 28 heavy (non-hydrogen) atoms. The number of nitrogens with zero attached hydrogens (tertiary/aromatic N) is 3. The van der Waals surface area contributed by atoms with Crippen molar-refractivity contribution < 1.29 is 18.7 Å². The highest BCUT2D eigenvalue weighted by Crippen LogP contribution is 2.30. The van der Waals surface area contributed by atoms with Crippen LogP contribution in [0, 0.1) is 11.6 Å². The zero-order chi connectivity index (χ0) is 20.3. The molecule has 146 valence electrons. The van der Waals surface area contributed by atoms with Gasteiger partial charge in [0.2, 0.25) is 0 Å². The molecule has 0 saturated carbocycles. The first-order valence-corrected chi connectivity index (χ1v) is 8.74. The Morgan fingerprint density at radius 3 is 2.61 bits per heavy atom. The molecule has 0 bridgehead atoms. The number of benzene rings is 2. The van der Waals surface area contributed by atoms with Crippen LogP contribution >= 0.6 is 11.6 Å². The normalized spacial score (nSPS) is 14.3. The number of aliphatic hydroxyl groups is 1. The third kappa shape index (κ3) is 4.18. The first-order valence-electron chi connectivity index (χ1n) is 8.36. The van der Waals surface area contributed by atoms with Crippen molar-refractivity contribution in [1.82, 2.24) is 20.1 Å². The molecule has 0 aliphatic rings. The predicted octanol–water partition coefficient (Wildman–Crippen LogP) is 2.92. The second-order valence-corrected chi connectivity index (χ2v) is 6.78. The standard InChI is InChI=1S/C19H17ClF2N4O2/c1-12(25-18(27)13-2-4-14(20)5-3-13)19(28,9-26-11-23-10-24-26)16-7-6-15(21)8-17(16)22/h2-8,10-12,28H,9H2,1H3,(H,25,27)/t12-,19?/m1/s1. The molecule has 2 N–H and O–H groups in total. The van der Waals surface area contributed by atoms with Crippen molar-refractivity contribution in [2.45, 2.75) is 25.1 Å². The largest absolute Gasteiger partial charge is 0.381 e. The lowest BCUT2D eigenvalue weighted by Crippen LogP contribution is -2.51. The molecule has 3 rings (SSSR count). The molecule has 0 radical (unpaired) electrons. The van der Waals surface area contributed by atoms with Crippen molar-refractivity contribution in [1.29, 1.82) is 0 Å². The summed E-state index contributed by atoms with van der Waals surface area (Å²) in [4.78, 5) is 16.3. The number of carbonyl (C=O) groups is 1. The zero-order valence-corrected chi connectivity index (χ0v) is 15.6. The fourth-order valence-corrected chi connectivity index (χ4v) is 2.98. The number of hydrogen-bond acceptors (Lipinski definition) is 4. The molecule has 2 aromatic carbocycles. The molecule has 2 atom stereocenters. The molecule has 0 fully saturated rings. The van der Waals surface area contributed by atoms with E-state index in [0.717, 1.165) is 12.1 Å². The van der Waals surface area contributed by atoms with Gasteiger partial charge in [-0.15, -0.1) is 0 Å². The minimum absolute atomic E-state index is 0.173. The van der Waals surface area contributed by atoms with E-state index in [1.165, 1.54) is 36.4 Å². The first-order chi connectivity index (χ1) is 13.3. The molecule has 1 aromatic heterocycles. The molecule has 9 heteroatoms. The van der Waals surface area contributed by atoms with Crippen LogP contribution in [-0.2, 0) is 12.1 Å². The highest BCUT2D eigenvalue weighted by atomic mass is 35.5. The minimum atomic E-state index is -1.92. The Hall–Kier alpha value is -2.84. The van der Waals surface area contributed by atoms with Crippen molar-refractivity contribution in [3.63, 3.8) is 0 Å².